The van der Waals surface area contributed by atoms with Gasteiger partial charge in [0, 0.05) is 13.0 Å². The Morgan fingerprint density at radius 1 is 1.60 bits per heavy atom. The van der Waals surface area contributed by atoms with Crippen LogP contribution in [0.5, 0.6) is 5.75 Å². The van der Waals surface area contributed by atoms with Crippen LogP contribution in [-0.4, -0.2) is 13.2 Å². The maximum absolute atomic E-state index is 5.70. The zero-order valence-corrected chi connectivity index (χ0v) is 10.4. The van der Waals surface area contributed by atoms with Crippen molar-refractivity contribution in [1.29, 1.82) is 0 Å². The van der Waals surface area contributed by atoms with Gasteiger partial charge in [-0.1, -0.05) is 6.07 Å². The molecule has 0 fully saturated rings. The summed E-state index contributed by atoms with van der Waals surface area (Å²) in [6.07, 6.45) is 1.26. The summed E-state index contributed by atoms with van der Waals surface area (Å²) in [7, 11) is 1.62. The quantitative estimate of drug-likeness (QED) is 0.857. The summed E-state index contributed by atoms with van der Waals surface area (Å²) >= 11 is 3.52. The van der Waals surface area contributed by atoms with Gasteiger partial charge < -0.3 is 9.57 Å². The molecule has 4 heteroatoms. The Morgan fingerprint density at radius 2 is 2.40 bits per heavy atom. The molecule has 0 aliphatic carbocycles. The van der Waals surface area contributed by atoms with Gasteiger partial charge in [0.1, 0.15) is 11.9 Å². The van der Waals surface area contributed by atoms with Crippen molar-refractivity contribution in [2.75, 3.05) is 7.11 Å². The summed E-state index contributed by atoms with van der Waals surface area (Å²) in [6, 6.07) is 4.22. The number of hydrogen-bond donors (Lipinski definition) is 1. The van der Waals surface area contributed by atoms with Crippen molar-refractivity contribution in [3.05, 3.63) is 27.7 Å². The molecule has 0 amide bonds. The van der Waals surface area contributed by atoms with Crippen LogP contribution in [0.15, 0.2) is 16.6 Å². The van der Waals surface area contributed by atoms with Crippen LogP contribution in [0, 0.1) is 0 Å². The maximum atomic E-state index is 5.70. The number of halogens is 1. The van der Waals surface area contributed by atoms with Gasteiger partial charge in [-0.25, -0.2) is 0 Å². The summed E-state index contributed by atoms with van der Waals surface area (Å²) in [6.45, 7) is 2.79. The van der Waals surface area contributed by atoms with Gasteiger partial charge >= 0.3 is 0 Å². The van der Waals surface area contributed by atoms with Crippen LogP contribution >= 0.6 is 15.9 Å². The molecule has 1 aromatic carbocycles. The van der Waals surface area contributed by atoms with E-state index in [2.05, 4.69) is 40.5 Å². The molecule has 0 spiro atoms. The normalized spacial score (nSPS) is 18.7. The lowest BCUT2D eigenvalue weighted by Gasteiger charge is -2.07. The van der Waals surface area contributed by atoms with Gasteiger partial charge in [0.2, 0.25) is 0 Å². The van der Waals surface area contributed by atoms with E-state index in [-0.39, 0.29) is 6.10 Å². The van der Waals surface area contributed by atoms with Crippen LogP contribution in [0.1, 0.15) is 18.1 Å². The fourth-order valence-corrected chi connectivity index (χ4v) is 2.45. The first-order valence-electron chi connectivity index (χ1n) is 4.94. The molecule has 82 valence electrons. The van der Waals surface area contributed by atoms with E-state index >= 15 is 0 Å². The Labute approximate surface area is 97.8 Å². The predicted molar refractivity (Wildman–Crippen MR) is 61.8 cm³/mol. The Kier molecular flexibility index (Phi) is 3.29. The van der Waals surface area contributed by atoms with Gasteiger partial charge in [-0.2, -0.15) is 5.48 Å². The monoisotopic (exact) mass is 271 g/mol. The third kappa shape index (κ3) is 2.33. The average molecular weight is 272 g/mol. The van der Waals surface area contributed by atoms with E-state index in [4.69, 9.17) is 9.57 Å². The van der Waals surface area contributed by atoms with Gasteiger partial charge in [0.15, 0.2) is 0 Å². The molecule has 0 radical (unpaired) electrons. The molecule has 2 rings (SSSR count). The Hall–Kier alpha value is -0.580. The number of fused-ring (bicyclic) bond motifs is 1. The van der Waals surface area contributed by atoms with E-state index < -0.39 is 0 Å². The lowest BCUT2D eigenvalue weighted by molar-refractivity contribution is 0.0867. The lowest BCUT2D eigenvalue weighted by Crippen LogP contribution is -2.10. The van der Waals surface area contributed by atoms with Crippen molar-refractivity contribution >= 4 is 15.9 Å². The summed E-state index contributed by atoms with van der Waals surface area (Å²) in [5, 5.41) is 0. The number of hydrogen-bond acceptors (Lipinski definition) is 3. The van der Waals surface area contributed by atoms with E-state index in [1.165, 1.54) is 11.1 Å². The van der Waals surface area contributed by atoms with E-state index in [0.717, 1.165) is 16.6 Å². The molecule has 1 N–H and O–H groups in total. The van der Waals surface area contributed by atoms with E-state index in [0.29, 0.717) is 6.54 Å². The Morgan fingerprint density at radius 3 is 3.13 bits per heavy atom. The van der Waals surface area contributed by atoms with E-state index in [9.17, 15) is 0 Å². The van der Waals surface area contributed by atoms with Gasteiger partial charge in [-0.05, 0) is 40.0 Å². The van der Waals surface area contributed by atoms with Crippen LogP contribution in [0.3, 0.4) is 0 Å². The molecule has 0 aromatic heterocycles. The molecule has 1 atom stereocenters. The molecule has 0 saturated heterocycles. The second-order valence-corrected chi connectivity index (χ2v) is 4.58. The second kappa shape index (κ2) is 4.51. The zero-order chi connectivity index (χ0) is 10.8. The molecule has 0 saturated carbocycles. The van der Waals surface area contributed by atoms with E-state index in [1.807, 2.05) is 0 Å². The molecule has 1 aliphatic rings. The van der Waals surface area contributed by atoms with Crippen LogP contribution in [0.2, 0.25) is 0 Å². The standard InChI is InChI=1S/C11H14BrNO2/c1-7-3-9-4-8(6-13-14-2)5-10(12)11(9)15-7/h4-5,7,13H,3,6H2,1-2H3. The number of ether oxygens (including phenoxy) is 1. The Balaban J connectivity index is 2.23. The van der Waals surface area contributed by atoms with Crippen LogP contribution in [0.4, 0.5) is 0 Å². The highest BCUT2D eigenvalue weighted by Crippen LogP contribution is 2.37. The molecular formula is C11H14BrNO2. The first-order chi connectivity index (χ1) is 7.20. The van der Waals surface area contributed by atoms with Crippen LogP contribution < -0.4 is 10.2 Å². The number of rotatable bonds is 3. The SMILES string of the molecule is CONCc1cc(Br)c2c(c1)CC(C)O2. The zero-order valence-electron chi connectivity index (χ0n) is 8.84. The lowest BCUT2D eigenvalue weighted by atomic mass is 10.1. The number of hydroxylamine groups is 1. The average Bonchev–Trinajstić information content (AvgIpc) is 2.56. The van der Waals surface area contributed by atoms with Crippen molar-refractivity contribution < 1.29 is 9.57 Å². The van der Waals surface area contributed by atoms with Gasteiger partial charge in [-0.15, -0.1) is 0 Å². The third-order valence-electron chi connectivity index (χ3n) is 2.43. The molecule has 1 unspecified atom stereocenters. The largest absolute Gasteiger partial charge is 0.489 e. The van der Waals surface area contributed by atoms with Crippen molar-refractivity contribution in [1.82, 2.24) is 5.48 Å². The number of benzene rings is 1. The minimum atomic E-state index is 0.280. The summed E-state index contributed by atoms with van der Waals surface area (Å²) < 4.78 is 6.72. The topological polar surface area (TPSA) is 30.5 Å². The molecule has 0 bridgehead atoms. The highest BCUT2D eigenvalue weighted by molar-refractivity contribution is 9.10. The van der Waals surface area contributed by atoms with Crippen molar-refractivity contribution in [3.8, 4) is 5.75 Å². The summed E-state index contributed by atoms with van der Waals surface area (Å²) in [4.78, 5) is 4.83. The highest BCUT2D eigenvalue weighted by Gasteiger charge is 2.21. The summed E-state index contributed by atoms with van der Waals surface area (Å²) in [5.74, 6) is 0.990. The van der Waals surface area contributed by atoms with Crippen LogP contribution in [-0.2, 0) is 17.8 Å². The van der Waals surface area contributed by atoms with Gasteiger partial charge in [0.25, 0.3) is 0 Å². The molecular weight excluding hydrogens is 258 g/mol. The molecule has 3 nitrogen and oxygen atoms in total. The fourth-order valence-electron chi connectivity index (χ4n) is 1.81. The van der Waals surface area contributed by atoms with Gasteiger partial charge in [0.05, 0.1) is 11.6 Å². The predicted octanol–water partition coefficient (Wildman–Crippen LogP) is 2.42. The van der Waals surface area contributed by atoms with Crippen molar-refractivity contribution in [2.45, 2.75) is 26.0 Å². The minimum Gasteiger partial charge on any atom is -0.489 e. The molecule has 1 aromatic rings. The third-order valence-corrected chi connectivity index (χ3v) is 3.02. The van der Waals surface area contributed by atoms with Crippen LogP contribution in [0.25, 0.3) is 0 Å². The molecule has 1 aliphatic heterocycles. The molecule has 15 heavy (non-hydrogen) atoms. The Bertz CT molecular complexity index is 368. The second-order valence-electron chi connectivity index (χ2n) is 3.72. The first kappa shape index (κ1) is 10.9. The smallest absolute Gasteiger partial charge is 0.137 e. The summed E-state index contributed by atoms with van der Waals surface area (Å²) in [5.41, 5.74) is 5.30. The minimum absolute atomic E-state index is 0.280. The van der Waals surface area contributed by atoms with Crippen molar-refractivity contribution in [3.63, 3.8) is 0 Å². The highest BCUT2D eigenvalue weighted by atomic mass is 79.9. The van der Waals surface area contributed by atoms with E-state index in [1.54, 1.807) is 7.11 Å². The molecule has 1 heterocycles. The first-order valence-corrected chi connectivity index (χ1v) is 5.74. The number of nitrogens with one attached hydrogen (secondary N) is 1. The van der Waals surface area contributed by atoms with Crippen molar-refractivity contribution in [2.24, 2.45) is 0 Å². The fraction of sp³-hybridized carbons (Fsp3) is 0.455. The maximum Gasteiger partial charge on any atom is 0.137 e. The van der Waals surface area contributed by atoms with Gasteiger partial charge in [-0.3, -0.25) is 0 Å².